The minimum atomic E-state index is -0.0273. The molecule has 1 aromatic heterocycles. The summed E-state index contributed by atoms with van der Waals surface area (Å²) in [5.41, 5.74) is 3.03. The maximum absolute atomic E-state index is 12.9. The quantitative estimate of drug-likeness (QED) is 0.731. The van der Waals surface area contributed by atoms with E-state index in [1.165, 1.54) is 0 Å². The molecule has 1 amide bonds. The van der Waals surface area contributed by atoms with Crippen LogP contribution in [0.4, 0.5) is 6.01 Å². The fraction of sp³-hybridized carbons (Fsp3) is 0.300. The summed E-state index contributed by atoms with van der Waals surface area (Å²) in [5, 5.41) is 3.88. The monoisotopic (exact) mass is 385 g/mol. The number of nitrogens with one attached hydrogen (secondary N) is 1. The fourth-order valence-corrected chi connectivity index (χ4v) is 3.50. The van der Waals surface area contributed by atoms with E-state index in [2.05, 4.69) is 10.3 Å². The lowest BCUT2D eigenvalue weighted by Gasteiger charge is -2.18. The Kier molecular flexibility index (Phi) is 4.66. The first-order chi connectivity index (χ1) is 13.0. The van der Waals surface area contributed by atoms with Gasteiger partial charge < -0.3 is 19.4 Å². The van der Waals surface area contributed by atoms with Crippen LogP contribution in [0, 0.1) is 6.92 Å². The Labute approximate surface area is 162 Å². The zero-order chi connectivity index (χ0) is 19.0. The van der Waals surface area contributed by atoms with E-state index < -0.39 is 0 Å². The predicted molar refractivity (Wildman–Crippen MR) is 105 cm³/mol. The third-order valence-electron chi connectivity index (χ3n) is 4.74. The Bertz CT molecular complexity index is 1000. The van der Waals surface area contributed by atoms with Crippen molar-refractivity contribution in [2.45, 2.75) is 19.4 Å². The first-order valence-corrected chi connectivity index (χ1v) is 9.18. The number of rotatable bonds is 4. The van der Waals surface area contributed by atoms with Crippen LogP contribution in [0.1, 0.15) is 22.3 Å². The molecular weight excluding hydrogens is 366 g/mol. The summed E-state index contributed by atoms with van der Waals surface area (Å²) < 4.78 is 11.1. The lowest BCUT2D eigenvalue weighted by Crippen LogP contribution is -2.31. The maximum Gasteiger partial charge on any atom is 0.295 e. The van der Waals surface area contributed by atoms with Crippen molar-refractivity contribution in [2.75, 3.05) is 25.5 Å². The zero-order valence-corrected chi connectivity index (χ0v) is 15.9. The number of aromatic nitrogens is 1. The molecule has 1 N–H and O–H groups in total. The van der Waals surface area contributed by atoms with Crippen LogP contribution < -0.4 is 10.1 Å². The normalized spacial score (nSPS) is 16.7. The summed E-state index contributed by atoms with van der Waals surface area (Å²) in [6.45, 7) is 3.22. The van der Waals surface area contributed by atoms with E-state index in [1.54, 1.807) is 19.2 Å². The molecule has 0 unspecified atom stereocenters. The number of methoxy groups -OCH3 is 1. The number of carbonyl (C=O) groups is 1. The summed E-state index contributed by atoms with van der Waals surface area (Å²) in [7, 11) is 1.58. The van der Waals surface area contributed by atoms with Gasteiger partial charge >= 0.3 is 0 Å². The molecule has 0 radical (unpaired) electrons. The number of likely N-dealkylation sites (tertiary alicyclic amines) is 1. The standard InChI is InChI=1S/C20H20ClN3O3/c1-12-3-5-15(17(9-12)26-2)19(25)24-8-7-14(11-24)22-20-23-16-6-4-13(21)10-18(16)27-20/h3-6,9-10,14H,7-8,11H2,1-2H3,(H,22,23)/t14-/m1/s1. The molecule has 0 aliphatic carbocycles. The van der Waals surface area contributed by atoms with Crippen LogP contribution in [-0.4, -0.2) is 42.0 Å². The molecule has 1 atom stereocenters. The van der Waals surface area contributed by atoms with Crippen molar-refractivity contribution in [3.8, 4) is 5.75 Å². The Balaban J connectivity index is 1.45. The molecule has 1 aliphatic rings. The number of anilines is 1. The summed E-state index contributed by atoms with van der Waals surface area (Å²) in [6, 6.07) is 11.5. The van der Waals surface area contributed by atoms with Crippen molar-refractivity contribution < 1.29 is 13.9 Å². The van der Waals surface area contributed by atoms with Crippen molar-refractivity contribution in [1.29, 1.82) is 0 Å². The van der Waals surface area contributed by atoms with Gasteiger partial charge in [-0.25, -0.2) is 0 Å². The second-order valence-corrected chi connectivity index (χ2v) is 7.15. The van der Waals surface area contributed by atoms with Crippen molar-refractivity contribution in [3.63, 3.8) is 0 Å². The highest BCUT2D eigenvalue weighted by molar-refractivity contribution is 6.31. The number of benzene rings is 2. The third kappa shape index (κ3) is 3.57. The molecular formula is C20H20ClN3O3. The molecule has 27 heavy (non-hydrogen) atoms. The number of fused-ring (bicyclic) bond motifs is 1. The van der Waals surface area contributed by atoms with Gasteiger partial charge in [0, 0.05) is 30.2 Å². The Morgan fingerprint density at radius 3 is 3.00 bits per heavy atom. The van der Waals surface area contributed by atoms with Crippen molar-refractivity contribution in [1.82, 2.24) is 9.88 Å². The highest BCUT2D eigenvalue weighted by atomic mass is 35.5. The molecule has 0 spiro atoms. The minimum absolute atomic E-state index is 0.0273. The number of ether oxygens (including phenoxy) is 1. The molecule has 0 bridgehead atoms. The van der Waals surface area contributed by atoms with Crippen molar-refractivity contribution in [2.24, 2.45) is 0 Å². The van der Waals surface area contributed by atoms with Gasteiger partial charge in [-0.05, 0) is 43.2 Å². The van der Waals surface area contributed by atoms with E-state index in [0.717, 1.165) is 17.5 Å². The van der Waals surface area contributed by atoms with Gasteiger partial charge in [-0.3, -0.25) is 4.79 Å². The van der Waals surface area contributed by atoms with E-state index in [1.807, 2.05) is 36.1 Å². The van der Waals surface area contributed by atoms with Gasteiger partial charge in [-0.15, -0.1) is 0 Å². The SMILES string of the molecule is COc1cc(C)ccc1C(=O)N1CC[C@@H](Nc2nc3ccc(Cl)cc3o2)C1. The Hall–Kier alpha value is -2.73. The van der Waals surface area contributed by atoms with E-state index in [-0.39, 0.29) is 11.9 Å². The molecule has 2 heterocycles. The number of carbonyl (C=O) groups excluding carboxylic acids is 1. The molecule has 6 nitrogen and oxygen atoms in total. The average molecular weight is 386 g/mol. The first kappa shape index (κ1) is 17.7. The molecule has 140 valence electrons. The van der Waals surface area contributed by atoms with Gasteiger partial charge in [0.2, 0.25) is 0 Å². The van der Waals surface area contributed by atoms with Gasteiger partial charge in [0.25, 0.3) is 11.9 Å². The molecule has 4 rings (SSSR count). The number of oxazole rings is 1. The number of hydrogen-bond donors (Lipinski definition) is 1. The van der Waals surface area contributed by atoms with Gasteiger partial charge in [0.15, 0.2) is 5.58 Å². The van der Waals surface area contributed by atoms with Gasteiger partial charge in [-0.1, -0.05) is 17.7 Å². The molecule has 1 saturated heterocycles. The average Bonchev–Trinajstić information content (AvgIpc) is 3.27. The largest absolute Gasteiger partial charge is 0.496 e. The van der Waals surface area contributed by atoms with Crippen LogP contribution in [0.2, 0.25) is 5.02 Å². The Morgan fingerprint density at radius 2 is 2.19 bits per heavy atom. The number of amides is 1. The van der Waals surface area contributed by atoms with E-state index in [4.69, 9.17) is 20.8 Å². The maximum atomic E-state index is 12.9. The second-order valence-electron chi connectivity index (χ2n) is 6.72. The minimum Gasteiger partial charge on any atom is -0.496 e. The highest BCUT2D eigenvalue weighted by Gasteiger charge is 2.29. The van der Waals surface area contributed by atoms with Crippen LogP contribution in [-0.2, 0) is 0 Å². The summed E-state index contributed by atoms with van der Waals surface area (Å²) in [4.78, 5) is 19.1. The van der Waals surface area contributed by atoms with E-state index in [9.17, 15) is 4.79 Å². The third-order valence-corrected chi connectivity index (χ3v) is 4.98. The highest BCUT2D eigenvalue weighted by Crippen LogP contribution is 2.26. The summed E-state index contributed by atoms with van der Waals surface area (Å²) >= 11 is 5.98. The molecule has 3 aromatic rings. The molecule has 0 saturated carbocycles. The van der Waals surface area contributed by atoms with Crippen LogP contribution >= 0.6 is 11.6 Å². The number of hydrogen-bond acceptors (Lipinski definition) is 5. The van der Waals surface area contributed by atoms with Crippen molar-refractivity contribution >= 4 is 34.6 Å². The molecule has 1 fully saturated rings. The van der Waals surface area contributed by atoms with Gasteiger partial charge in [0.1, 0.15) is 11.3 Å². The van der Waals surface area contributed by atoms with Crippen LogP contribution in [0.5, 0.6) is 5.75 Å². The van der Waals surface area contributed by atoms with Crippen LogP contribution in [0.25, 0.3) is 11.1 Å². The van der Waals surface area contributed by atoms with Gasteiger partial charge in [0.05, 0.1) is 12.7 Å². The number of nitrogens with zero attached hydrogens (tertiary/aromatic N) is 2. The second kappa shape index (κ2) is 7.12. The molecule has 2 aromatic carbocycles. The smallest absolute Gasteiger partial charge is 0.295 e. The molecule has 7 heteroatoms. The lowest BCUT2D eigenvalue weighted by atomic mass is 10.1. The fourth-order valence-electron chi connectivity index (χ4n) is 3.34. The number of halogens is 1. The first-order valence-electron chi connectivity index (χ1n) is 8.80. The summed E-state index contributed by atoms with van der Waals surface area (Å²) in [5.74, 6) is 0.577. The summed E-state index contributed by atoms with van der Waals surface area (Å²) in [6.07, 6.45) is 0.819. The lowest BCUT2D eigenvalue weighted by molar-refractivity contribution is 0.0788. The van der Waals surface area contributed by atoms with Crippen LogP contribution in [0.3, 0.4) is 0 Å². The van der Waals surface area contributed by atoms with Crippen molar-refractivity contribution in [3.05, 3.63) is 52.5 Å². The zero-order valence-electron chi connectivity index (χ0n) is 15.2. The Morgan fingerprint density at radius 1 is 1.33 bits per heavy atom. The van der Waals surface area contributed by atoms with E-state index in [0.29, 0.717) is 41.0 Å². The van der Waals surface area contributed by atoms with Gasteiger partial charge in [-0.2, -0.15) is 4.98 Å². The molecule has 1 aliphatic heterocycles. The van der Waals surface area contributed by atoms with Crippen LogP contribution in [0.15, 0.2) is 40.8 Å². The predicted octanol–water partition coefficient (Wildman–Crippen LogP) is 4.12. The number of aryl methyl sites for hydroxylation is 1. The topological polar surface area (TPSA) is 67.6 Å². The van der Waals surface area contributed by atoms with E-state index >= 15 is 0 Å².